The second kappa shape index (κ2) is 8.77. The third kappa shape index (κ3) is 5.56. The Kier molecular flexibility index (Phi) is 6.45. The summed E-state index contributed by atoms with van der Waals surface area (Å²) in [6.07, 6.45) is 2.09. The van der Waals surface area contributed by atoms with Gasteiger partial charge in [-0.05, 0) is 54.3 Å². The van der Waals surface area contributed by atoms with Gasteiger partial charge in [-0.1, -0.05) is 30.3 Å². The Balaban J connectivity index is 1.86. The van der Waals surface area contributed by atoms with E-state index in [1.54, 1.807) is 6.92 Å². The van der Waals surface area contributed by atoms with Crippen molar-refractivity contribution in [2.75, 3.05) is 0 Å². The van der Waals surface area contributed by atoms with E-state index in [-0.39, 0.29) is 17.7 Å². The van der Waals surface area contributed by atoms with Crippen LogP contribution in [0.25, 0.3) is 0 Å². The van der Waals surface area contributed by atoms with E-state index in [1.165, 1.54) is 23.9 Å². The van der Waals surface area contributed by atoms with Crippen LogP contribution in [-0.4, -0.2) is 28.0 Å². The first-order valence-electron chi connectivity index (χ1n) is 8.07. The molecule has 0 fully saturated rings. The number of benzene rings is 1. The fourth-order valence-corrected chi connectivity index (χ4v) is 2.32. The summed E-state index contributed by atoms with van der Waals surface area (Å²) >= 11 is 0. The van der Waals surface area contributed by atoms with E-state index in [0.29, 0.717) is 0 Å². The second-order valence-electron chi connectivity index (χ2n) is 5.78. The predicted molar refractivity (Wildman–Crippen MR) is 93.3 cm³/mol. The molecule has 0 spiro atoms. The van der Waals surface area contributed by atoms with Gasteiger partial charge in [0.05, 0.1) is 0 Å². The summed E-state index contributed by atoms with van der Waals surface area (Å²) in [5.74, 6) is -0.745. The minimum atomic E-state index is -0.859. The van der Waals surface area contributed by atoms with Gasteiger partial charge in [0.2, 0.25) is 5.75 Å². The molecule has 1 aromatic carbocycles. The average Bonchev–Trinajstić information content (AvgIpc) is 2.61. The maximum absolute atomic E-state index is 12.2. The number of carbonyl (C=O) groups excluding carboxylic acids is 1. The van der Waals surface area contributed by atoms with Crippen LogP contribution in [-0.2, 0) is 11.2 Å². The molecule has 0 aliphatic carbocycles. The minimum Gasteiger partial charge on any atom is -0.473 e. The Labute approximate surface area is 146 Å². The van der Waals surface area contributed by atoms with Crippen molar-refractivity contribution >= 4 is 11.7 Å². The van der Waals surface area contributed by atoms with Crippen molar-refractivity contribution < 1.29 is 14.5 Å². The number of nitro groups is 1. The molecule has 0 aliphatic rings. The fraction of sp³-hybridized carbons (Fsp3) is 0.333. The molecule has 1 aromatic heterocycles. The van der Waals surface area contributed by atoms with Crippen molar-refractivity contribution in [3.63, 3.8) is 0 Å². The summed E-state index contributed by atoms with van der Waals surface area (Å²) in [5, 5.41) is 13.8. The normalized spacial score (nSPS) is 12.9. The molecule has 1 heterocycles. The molecule has 7 nitrogen and oxygen atoms in total. The number of aryl methyl sites for hydroxylation is 1. The van der Waals surface area contributed by atoms with Crippen molar-refractivity contribution in [3.8, 4) is 5.75 Å². The van der Waals surface area contributed by atoms with E-state index in [1.807, 2.05) is 37.3 Å². The number of aromatic nitrogens is 1. The number of amides is 1. The number of ether oxygens (including phenoxy) is 1. The lowest BCUT2D eigenvalue weighted by molar-refractivity contribution is -0.390. The summed E-state index contributed by atoms with van der Waals surface area (Å²) in [6.45, 7) is 3.47. The van der Waals surface area contributed by atoms with Crippen LogP contribution in [0.15, 0.2) is 48.7 Å². The van der Waals surface area contributed by atoms with Crippen LogP contribution < -0.4 is 10.1 Å². The van der Waals surface area contributed by atoms with E-state index < -0.39 is 16.8 Å². The highest BCUT2D eigenvalue weighted by Crippen LogP contribution is 2.24. The predicted octanol–water partition coefficient (Wildman–Crippen LogP) is 2.89. The van der Waals surface area contributed by atoms with Gasteiger partial charge in [-0.2, -0.15) is 0 Å². The highest BCUT2D eigenvalue weighted by molar-refractivity contribution is 5.81. The molecule has 0 saturated carbocycles. The zero-order valence-electron chi connectivity index (χ0n) is 14.2. The van der Waals surface area contributed by atoms with Crippen molar-refractivity contribution in [1.82, 2.24) is 10.3 Å². The van der Waals surface area contributed by atoms with Crippen LogP contribution in [0.2, 0.25) is 0 Å². The first-order chi connectivity index (χ1) is 12.0. The van der Waals surface area contributed by atoms with Gasteiger partial charge in [0.15, 0.2) is 6.10 Å². The van der Waals surface area contributed by atoms with Crippen LogP contribution >= 0.6 is 0 Å². The van der Waals surface area contributed by atoms with Crippen molar-refractivity contribution in [2.24, 2.45) is 0 Å². The standard InChI is InChI=1S/C18H21N3O4/c1-13(10-11-15-7-4-3-5-8-15)20-18(22)14(2)25-16-9-6-12-19-17(16)21(23)24/h3-9,12-14H,10-11H2,1-2H3,(H,20,22)/t13-,14+/m1/s1. The van der Waals surface area contributed by atoms with Gasteiger partial charge in [-0.15, -0.1) is 0 Å². The summed E-state index contributed by atoms with van der Waals surface area (Å²) in [5.41, 5.74) is 1.21. The highest BCUT2D eigenvalue weighted by atomic mass is 16.6. The van der Waals surface area contributed by atoms with E-state index in [0.717, 1.165) is 12.8 Å². The zero-order chi connectivity index (χ0) is 18.2. The second-order valence-corrected chi connectivity index (χ2v) is 5.78. The number of hydrogen-bond acceptors (Lipinski definition) is 5. The van der Waals surface area contributed by atoms with Gasteiger partial charge in [0, 0.05) is 6.04 Å². The van der Waals surface area contributed by atoms with Crippen LogP contribution in [0.3, 0.4) is 0 Å². The molecule has 0 saturated heterocycles. The van der Waals surface area contributed by atoms with Gasteiger partial charge < -0.3 is 20.2 Å². The molecule has 132 valence electrons. The minimum absolute atomic E-state index is 0.0212. The lowest BCUT2D eigenvalue weighted by atomic mass is 10.1. The topological polar surface area (TPSA) is 94.4 Å². The van der Waals surface area contributed by atoms with Gasteiger partial charge in [0.1, 0.15) is 6.20 Å². The lowest BCUT2D eigenvalue weighted by Crippen LogP contribution is -2.41. The van der Waals surface area contributed by atoms with Crippen molar-refractivity contribution in [3.05, 3.63) is 64.3 Å². The summed E-state index contributed by atoms with van der Waals surface area (Å²) in [4.78, 5) is 26.2. The number of nitrogens with one attached hydrogen (secondary N) is 1. The average molecular weight is 343 g/mol. The molecule has 1 amide bonds. The van der Waals surface area contributed by atoms with Crippen LogP contribution in [0.4, 0.5) is 5.82 Å². The SMILES string of the molecule is C[C@H](CCc1ccccc1)NC(=O)[C@H](C)Oc1cccnc1[N+](=O)[O-]. The van der Waals surface area contributed by atoms with Crippen molar-refractivity contribution in [1.29, 1.82) is 0 Å². The van der Waals surface area contributed by atoms with Crippen LogP contribution in [0.5, 0.6) is 5.75 Å². The Hall–Kier alpha value is -2.96. The molecule has 0 unspecified atom stereocenters. The van der Waals surface area contributed by atoms with Crippen molar-refractivity contribution in [2.45, 2.75) is 38.8 Å². The van der Waals surface area contributed by atoms with Gasteiger partial charge in [-0.25, -0.2) is 0 Å². The molecule has 25 heavy (non-hydrogen) atoms. The third-order valence-electron chi connectivity index (χ3n) is 3.69. The number of nitrogens with zero attached hydrogens (tertiary/aromatic N) is 2. The first-order valence-corrected chi connectivity index (χ1v) is 8.07. The number of rotatable bonds is 8. The quantitative estimate of drug-likeness (QED) is 0.587. The Morgan fingerprint density at radius 1 is 1.24 bits per heavy atom. The Morgan fingerprint density at radius 3 is 2.64 bits per heavy atom. The molecule has 0 bridgehead atoms. The molecule has 2 rings (SSSR count). The lowest BCUT2D eigenvalue weighted by Gasteiger charge is -2.18. The largest absolute Gasteiger partial charge is 0.473 e. The summed E-state index contributed by atoms with van der Waals surface area (Å²) < 4.78 is 5.42. The molecule has 0 radical (unpaired) electrons. The number of pyridine rings is 1. The van der Waals surface area contributed by atoms with Crippen LogP contribution in [0.1, 0.15) is 25.8 Å². The Morgan fingerprint density at radius 2 is 1.96 bits per heavy atom. The number of carbonyl (C=O) groups is 1. The van der Waals surface area contributed by atoms with Crippen LogP contribution in [0, 0.1) is 10.1 Å². The first kappa shape index (κ1) is 18.4. The van der Waals surface area contributed by atoms with E-state index in [2.05, 4.69) is 10.3 Å². The summed E-state index contributed by atoms with van der Waals surface area (Å²) in [7, 11) is 0. The molecule has 2 aromatic rings. The summed E-state index contributed by atoms with van der Waals surface area (Å²) in [6, 6.07) is 12.9. The molecule has 7 heteroatoms. The molecule has 1 N–H and O–H groups in total. The zero-order valence-corrected chi connectivity index (χ0v) is 14.2. The van der Waals surface area contributed by atoms with Gasteiger partial charge >= 0.3 is 5.82 Å². The monoisotopic (exact) mass is 343 g/mol. The molecular formula is C18H21N3O4. The van der Waals surface area contributed by atoms with Gasteiger partial charge in [-0.3, -0.25) is 4.79 Å². The van der Waals surface area contributed by atoms with Gasteiger partial charge in [0.25, 0.3) is 5.91 Å². The Bertz CT molecular complexity index is 721. The molecular weight excluding hydrogens is 322 g/mol. The molecule has 2 atom stereocenters. The van der Waals surface area contributed by atoms with E-state index in [9.17, 15) is 14.9 Å². The van der Waals surface area contributed by atoms with E-state index >= 15 is 0 Å². The molecule has 0 aliphatic heterocycles. The highest BCUT2D eigenvalue weighted by Gasteiger charge is 2.22. The third-order valence-corrected chi connectivity index (χ3v) is 3.69. The van der Waals surface area contributed by atoms with E-state index in [4.69, 9.17) is 4.74 Å². The maximum Gasteiger partial charge on any atom is 0.406 e. The maximum atomic E-state index is 12.2. The fourth-order valence-electron chi connectivity index (χ4n) is 2.32. The number of hydrogen-bond donors (Lipinski definition) is 1. The smallest absolute Gasteiger partial charge is 0.406 e.